The standard InChI is InChI=1S/C25H27FN6/c1-16-8-18(19-11-28-25(27)29-12-19)9-23(30-16)17-4-3-7-32(14-17)15-20-13-31(2)24-6-5-21(26)10-22(20)24/h5-6,8-13,17H,3-4,7,14-15H2,1-2H3,(H2,27,28,29). The van der Waals surface area contributed by atoms with Crippen LogP contribution in [0.25, 0.3) is 22.0 Å². The maximum atomic E-state index is 13.9. The normalized spacial score (nSPS) is 17.2. The number of hydrogen-bond acceptors (Lipinski definition) is 5. The molecule has 1 unspecified atom stereocenters. The lowest BCUT2D eigenvalue weighted by molar-refractivity contribution is 0.199. The molecular formula is C25H27FN6. The highest BCUT2D eigenvalue weighted by Gasteiger charge is 2.24. The van der Waals surface area contributed by atoms with E-state index >= 15 is 0 Å². The van der Waals surface area contributed by atoms with Crippen molar-refractivity contribution in [1.82, 2.24) is 24.4 Å². The Hall–Kier alpha value is -3.32. The van der Waals surface area contributed by atoms with E-state index in [-0.39, 0.29) is 11.8 Å². The Balaban J connectivity index is 1.39. The van der Waals surface area contributed by atoms with Gasteiger partial charge in [0.25, 0.3) is 0 Å². The predicted molar refractivity (Wildman–Crippen MR) is 125 cm³/mol. The van der Waals surface area contributed by atoms with Gasteiger partial charge in [-0.1, -0.05) is 0 Å². The first-order valence-corrected chi connectivity index (χ1v) is 11.0. The molecule has 0 bridgehead atoms. The number of rotatable bonds is 4. The number of nitrogen functional groups attached to an aromatic ring is 1. The molecule has 1 aliphatic heterocycles. The summed E-state index contributed by atoms with van der Waals surface area (Å²) in [6.07, 6.45) is 7.85. The van der Waals surface area contributed by atoms with Crippen LogP contribution < -0.4 is 5.73 Å². The summed E-state index contributed by atoms with van der Waals surface area (Å²) in [5.41, 5.74) is 12.0. The van der Waals surface area contributed by atoms with Crippen LogP contribution in [0, 0.1) is 12.7 Å². The minimum atomic E-state index is -0.190. The van der Waals surface area contributed by atoms with E-state index < -0.39 is 0 Å². The van der Waals surface area contributed by atoms with Crippen LogP contribution in [0.1, 0.15) is 35.7 Å². The lowest BCUT2D eigenvalue weighted by Crippen LogP contribution is -2.34. The second-order valence-corrected chi connectivity index (χ2v) is 8.75. The molecule has 7 heteroatoms. The maximum Gasteiger partial charge on any atom is 0.219 e. The molecule has 32 heavy (non-hydrogen) atoms. The van der Waals surface area contributed by atoms with E-state index in [9.17, 15) is 4.39 Å². The second kappa shape index (κ2) is 8.31. The summed E-state index contributed by atoms with van der Waals surface area (Å²) < 4.78 is 16.0. The van der Waals surface area contributed by atoms with Crippen molar-refractivity contribution in [3.8, 4) is 11.1 Å². The number of likely N-dealkylation sites (tertiary alicyclic amines) is 1. The SMILES string of the molecule is Cc1cc(-c2cnc(N)nc2)cc(C2CCCN(Cc3cn(C)c4ccc(F)cc34)C2)n1. The van der Waals surface area contributed by atoms with Crippen LogP contribution in [0.2, 0.25) is 0 Å². The van der Waals surface area contributed by atoms with Gasteiger partial charge < -0.3 is 10.3 Å². The first-order valence-electron chi connectivity index (χ1n) is 11.0. The minimum Gasteiger partial charge on any atom is -0.368 e. The van der Waals surface area contributed by atoms with E-state index in [0.717, 1.165) is 65.9 Å². The summed E-state index contributed by atoms with van der Waals surface area (Å²) in [6.45, 7) is 4.80. The number of nitrogens with two attached hydrogens (primary N) is 1. The van der Waals surface area contributed by atoms with Crippen molar-refractivity contribution < 1.29 is 4.39 Å². The zero-order valence-electron chi connectivity index (χ0n) is 18.4. The lowest BCUT2D eigenvalue weighted by atomic mass is 9.92. The molecule has 0 aliphatic carbocycles. The fourth-order valence-electron chi connectivity index (χ4n) is 4.81. The van der Waals surface area contributed by atoms with Gasteiger partial charge in [0.15, 0.2) is 0 Å². The number of anilines is 1. The highest BCUT2D eigenvalue weighted by molar-refractivity contribution is 5.84. The lowest BCUT2D eigenvalue weighted by Gasteiger charge is -2.32. The van der Waals surface area contributed by atoms with E-state index in [2.05, 4.69) is 37.8 Å². The first kappa shape index (κ1) is 20.6. The van der Waals surface area contributed by atoms with Gasteiger partial charge in [0, 0.05) is 72.5 Å². The molecule has 1 fully saturated rings. The third-order valence-electron chi connectivity index (χ3n) is 6.33. The van der Waals surface area contributed by atoms with Gasteiger partial charge in [-0.2, -0.15) is 0 Å². The Kier molecular flexibility index (Phi) is 5.35. The summed E-state index contributed by atoms with van der Waals surface area (Å²) in [5.74, 6) is 0.435. The highest BCUT2D eigenvalue weighted by Crippen LogP contribution is 2.31. The number of fused-ring (bicyclic) bond motifs is 1. The van der Waals surface area contributed by atoms with Gasteiger partial charge in [-0.25, -0.2) is 14.4 Å². The van der Waals surface area contributed by atoms with Crippen LogP contribution in [0.4, 0.5) is 10.3 Å². The van der Waals surface area contributed by atoms with Crippen LogP contribution in [0.5, 0.6) is 0 Å². The Morgan fingerprint density at radius 1 is 1.12 bits per heavy atom. The van der Waals surface area contributed by atoms with Gasteiger partial charge in [-0.3, -0.25) is 9.88 Å². The summed E-state index contributed by atoms with van der Waals surface area (Å²) >= 11 is 0. The van der Waals surface area contributed by atoms with E-state index in [4.69, 9.17) is 10.7 Å². The summed E-state index contributed by atoms with van der Waals surface area (Å²) in [5, 5.41) is 0.994. The average molecular weight is 431 g/mol. The summed E-state index contributed by atoms with van der Waals surface area (Å²) in [6, 6.07) is 9.24. The topological polar surface area (TPSA) is 72.9 Å². The number of hydrogen-bond donors (Lipinski definition) is 1. The molecule has 0 spiro atoms. The van der Waals surface area contributed by atoms with Crippen molar-refractivity contribution in [2.24, 2.45) is 7.05 Å². The van der Waals surface area contributed by atoms with Crippen LogP contribution in [0.15, 0.2) is 48.9 Å². The molecule has 3 aromatic heterocycles. The molecule has 1 aliphatic rings. The molecule has 4 aromatic rings. The zero-order valence-corrected chi connectivity index (χ0v) is 18.4. The third kappa shape index (κ3) is 4.08. The number of benzene rings is 1. The molecule has 1 atom stereocenters. The Bertz CT molecular complexity index is 1260. The monoisotopic (exact) mass is 430 g/mol. The van der Waals surface area contributed by atoms with Crippen molar-refractivity contribution in [3.05, 3.63) is 71.7 Å². The molecule has 164 valence electrons. The number of halogens is 1. The number of piperidine rings is 1. The molecule has 5 rings (SSSR count). The molecule has 1 saturated heterocycles. The molecule has 0 amide bonds. The summed E-state index contributed by atoms with van der Waals surface area (Å²) in [4.78, 5) is 15.6. The van der Waals surface area contributed by atoms with Crippen LogP contribution in [-0.2, 0) is 13.6 Å². The number of nitrogens with zero attached hydrogens (tertiary/aromatic N) is 5. The van der Waals surface area contributed by atoms with Gasteiger partial charge in [0.1, 0.15) is 5.82 Å². The molecular weight excluding hydrogens is 403 g/mol. The number of pyridine rings is 1. The summed E-state index contributed by atoms with van der Waals surface area (Å²) in [7, 11) is 2.02. The molecule has 0 saturated carbocycles. The Morgan fingerprint density at radius 3 is 2.75 bits per heavy atom. The van der Waals surface area contributed by atoms with Gasteiger partial charge >= 0.3 is 0 Å². The Morgan fingerprint density at radius 2 is 1.94 bits per heavy atom. The van der Waals surface area contributed by atoms with Gasteiger partial charge in [0.2, 0.25) is 5.95 Å². The number of aryl methyl sites for hydroxylation is 2. The first-order chi connectivity index (χ1) is 15.5. The van der Waals surface area contributed by atoms with E-state index in [1.807, 2.05) is 20.0 Å². The largest absolute Gasteiger partial charge is 0.368 e. The van der Waals surface area contributed by atoms with Crippen LogP contribution in [-0.4, -0.2) is 37.5 Å². The average Bonchev–Trinajstić information content (AvgIpc) is 3.08. The van der Waals surface area contributed by atoms with Gasteiger partial charge in [-0.05, 0) is 67.8 Å². The fraction of sp³-hybridized carbons (Fsp3) is 0.320. The zero-order chi connectivity index (χ0) is 22.2. The molecule has 6 nitrogen and oxygen atoms in total. The third-order valence-corrected chi connectivity index (χ3v) is 6.33. The minimum absolute atomic E-state index is 0.190. The van der Waals surface area contributed by atoms with E-state index in [1.165, 1.54) is 11.6 Å². The molecule has 0 radical (unpaired) electrons. The van der Waals surface area contributed by atoms with E-state index in [0.29, 0.717) is 5.92 Å². The highest BCUT2D eigenvalue weighted by atomic mass is 19.1. The number of aromatic nitrogens is 4. The molecule has 1 aromatic carbocycles. The van der Waals surface area contributed by atoms with Crippen molar-refractivity contribution >= 4 is 16.9 Å². The van der Waals surface area contributed by atoms with Gasteiger partial charge in [0.05, 0.1) is 0 Å². The van der Waals surface area contributed by atoms with E-state index in [1.54, 1.807) is 18.5 Å². The smallest absolute Gasteiger partial charge is 0.219 e. The van der Waals surface area contributed by atoms with Crippen LogP contribution >= 0.6 is 0 Å². The fourth-order valence-corrected chi connectivity index (χ4v) is 4.81. The van der Waals surface area contributed by atoms with Crippen molar-refractivity contribution in [3.63, 3.8) is 0 Å². The van der Waals surface area contributed by atoms with Crippen molar-refractivity contribution in [2.45, 2.75) is 32.2 Å². The quantitative estimate of drug-likeness (QED) is 0.518. The maximum absolute atomic E-state index is 13.9. The predicted octanol–water partition coefficient (Wildman–Crippen LogP) is 4.44. The van der Waals surface area contributed by atoms with Crippen molar-refractivity contribution in [1.29, 1.82) is 0 Å². The Labute approximate surface area is 186 Å². The van der Waals surface area contributed by atoms with Crippen LogP contribution in [0.3, 0.4) is 0 Å². The second-order valence-electron chi connectivity index (χ2n) is 8.75. The molecule has 4 heterocycles. The molecule has 2 N–H and O–H groups in total. The van der Waals surface area contributed by atoms with Gasteiger partial charge in [-0.15, -0.1) is 0 Å². The van der Waals surface area contributed by atoms with Crippen molar-refractivity contribution in [2.75, 3.05) is 18.8 Å².